The molecular weight excluding hydrogens is 544 g/mol. The highest BCUT2D eigenvalue weighted by Crippen LogP contribution is 2.27. The molecule has 2 amide bonds. The molecule has 2 N–H and O–H groups in total. The number of hydrogen-bond acceptors (Lipinski definition) is 4. The number of nitrogens with one attached hydrogen (secondary N) is 2. The fraction of sp³-hybridized carbons (Fsp3) is 0.440. The average molecular weight is 570 g/mol. The Morgan fingerprint density at radius 1 is 0.590 bits per heavy atom. The maximum atomic E-state index is 12.9. The Hall–Kier alpha value is -3.58. The Balaban J connectivity index is 1.55. The zero-order chi connectivity index (χ0) is 29.1. The second-order valence-corrected chi connectivity index (χ2v) is 8.28. The van der Waals surface area contributed by atoms with Gasteiger partial charge in [-0.25, -0.2) is 0 Å². The van der Waals surface area contributed by atoms with Crippen LogP contribution in [0, 0.1) is 0 Å². The van der Waals surface area contributed by atoms with Crippen molar-refractivity contribution in [2.24, 2.45) is 0 Å². The monoisotopic (exact) mass is 570 g/mol. The zero-order valence-corrected chi connectivity index (χ0v) is 20.4. The molecule has 0 aromatic heterocycles. The Bertz CT molecular complexity index is 961. The Morgan fingerprint density at radius 3 is 1.21 bits per heavy atom. The molecule has 0 heterocycles. The predicted molar refractivity (Wildman–Crippen MR) is 124 cm³/mol. The summed E-state index contributed by atoms with van der Waals surface area (Å²) in [5.74, 6) is -1.62. The van der Waals surface area contributed by atoms with Crippen LogP contribution in [-0.4, -0.2) is 50.0 Å². The largest absolute Gasteiger partial charge is 0.457 e. The smallest absolute Gasteiger partial charge is 0.452 e. The van der Waals surface area contributed by atoms with Crippen LogP contribution in [0.15, 0.2) is 48.5 Å². The molecule has 0 aliphatic rings. The Labute approximate surface area is 218 Å². The third kappa shape index (κ3) is 11.4. The van der Waals surface area contributed by atoms with E-state index in [-0.39, 0.29) is 22.6 Å². The summed E-state index contributed by atoms with van der Waals surface area (Å²) in [6.07, 6.45) is -13.5. The first-order valence-corrected chi connectivity index (χ1v) is 11.8. The van der Waals surface area contributed by atoms with Gasteiger partial charge in [0.25, 0.3) is 11.8 Å². The lowest BCUT2D eigenvalue weighted by Gasteiger charge is -2.14. The van der Waals surface area contributed by atoms with Crippen LogP contribution in [0.25, 0.3) is 0 Å². The summed E-state index contributed by atoms with van der Waals surface area (Å²) in [7, 11) is 0. The van der Waals surface area contributed by atoms with Crippen LogP contribution in [0.5, 0.6) is 11.5 Å². The predicted octanol–water partition coefficient (Wildman–Crippen LogP) is 6.27. The zero-order valence-electron chi connectivity index (χ0n) is 20.4. The van der Waals surface area contributed by atoms with E-state index in [9.17, 15) is 44.7 Å². The van der Waals surface area contributed by atoms with Gasteiger partial charge in [-0.2, -0.15) is 35.1 Å². The van der Waals surface area contributed by atoms with Crippen LogP contribution >= 0.6 is 0 Å². The second-order valence-electron chi connectivity index (χ2n) is 8.28. The first-order chi connectivity index (χ1) is 18.3. The lowest BCUT2D eigenvalue weighted by molar-refractivity contribution is -0.236. The molecule has 6 nitrogen and oxygen atoms in total. The maximum absolute atomic E-state index is 12.9. The van der Waals surface area contributed by atoms with Crippen molar-refractivity contribution in [2.45, 2.75) is 57.2 Å². The van der Waals surface area contributed by atoms with Crippen molar-refractivity contribution in [1.82, 2.24) is 10.6 Å². The minimum atomic E-state index is -5.15. The highest BCUT2D eigenvalue weighted by molar-refractivity contribution is 5.94. The molecule has 2 aromatic rings. The molecule has 2 atom stereocenters. The lowest BCUT2D eigenvalue weighted by Crippen LogP contribution is -2.29. The third-order valence-corrected chi connectivity index (χ3v) is 5.15. The number of unbranched alkanes of at least 4 members (excludes halogenated alkanes) is 4. The van der Waals surface area contributed by atoms with Crippen molar-refractivity contribution in [3.63, 3.8) is 0 Å². The summed E-state index contributed by atoms with van der Waals surface area (Å²) in [5.41, 5.74) is 0.353. The minimum Gasteiger partial charge on any atom is -0.452 e. The molecule has 0 aliphatic carbocycles. The number of rotatable bonds is 14. The van der Waals surface area contributed by atoms with Crippen LogP contribution < -0.4 is 20.1 Å². The fourth-order valence-electron chi connectivity index (χ4n) is 3.13. The van der Waals surface area contributed by atoms with Gasteiger partial charge < -0.3 is 20.1 Å². The van der Waals surface area contributed by atoms with Crippen LogP contribution in [0.3, 0.4) is 0 Å². The van der Waals surface area contributed by atoms with Crippen LogP contribution in [0.4, 0.5) is 35.1 Å². The summed E-state index contributed by atoms with van der Waals surface area (Å²) >= 11 is 0. The number of hydrogen-bond donors (Lipinski definition) is 2. The van der Waals surface area contributed by atoms with Gasteiger partial charge >= 0.3 is 25.1 Å². The molecular formula is C25H26F8N2O4. The molecule has 0 saturated heterocycles. The number of carbonyl (C=O) groups is 2. The van der Waals surface area contributed by atoms with E-state index in [1.807, 2.05) is 0 Å². The molecule has 0 saturated carbocycles. The van der Waals surface area contributed by atoms with Crippen molar-refractivity contribution in [1.29, 1.82) is 0 Å². The molecule has 39 heavy (non-hydrogen) atoms. The van der Waals surface area contributed by atoms with Crippen molar-refractivity contribution in [3.05, 3.63) is 59.7 Å². The van der Waals surface area contributed by atoms with E-state index >= 15 is 0 Å². The van der Waals surface area contributed by atoms with Gasteiger partial charge in [0.2, 0.25) is 0 Å². The topological polar surface area (TPSA) is 76.7 Å². The quantitative estimate of drug-likeness (QED) is 0.207. The van der Waals surface area contributed by atoms with E-state index in [1.165, 1.54) is 24.3 Å². The van der Waals surface area contributed by atoms with E-state index in [0.29, 0.717) is 25.9 Å². The van der Waals surface area contributed by atoms with Crippen LogP contribution in [0.1, 0.15) is 52.8 Å². The van der Waals surface area contributed by atoms with E-state index < -0.39 is 36.9 Å². The van der Waals surface area contributed by atoms with E-state index in [1.54, 1.807) is 0 Å². The van der Waals surface area contributed by atoms with Gasteiger partial charge in [-0.1, -0.05) is 19.3 Å². The van der Waals surface area contributed by atoms with Gasteiger partial charge in [0, 0.05) is 24.2 Å². The first kappa shape index (κ1) is 31.6. The fourth-order valence-corrected chi connectivity index (χ4v) is 3.13. The molecule has 2 unspecified atom stereocenters. The summed E-state index contributed by atoms with van der Waals surface area (Å²) in [6, 6.07) is 9.14. The molecule has 0 spiro atoms. The van der Waals surface area contributed by atoms with Crippen molar-refractivity contribution >= 4 is 11.8 Å². The van der Waals surface area contributed by atoms with Crippen molar-refractivity contribution < 1.29 is 54.2 Å². The summed E-state index contributed by atoms with van der Waals surface area (Å²) in [6.45, 7) is 0.723. The third-order valence-electron chi connectivity index (χ3n) is 5.15. The SMILES string of the molecule is O=C(NCCCCCCCNC(=O)c1ccc(OC(F)C(F)(F)F)cc1)c1ccc(OC(F)C(F)(F)F)cc1. The van der Waals surface area contributed by atoms with Gasteiger partial charge in [0.1, 0.15) is 11.5 Å². The molecule has 2 rings (SSSR count). The van der Waals surface area contributed by atoms with Crippen LogP contribution in [-0.2, 0) is 0 Å². The Kier molecular flexibility index (Phi) is 11.8. The highest BCUT2D eigenvalue weighted by atomic mass is 19.4. The van der Waals surface area contributed by atoms with Crippen molar-refractivity contribution in [3.8, 4) is 11.5 Å². The number of carbonyl (C=O) groups excluding carboxylic acids is 2. The number of ether oxygens (including phenoxy) is 2. The summed E-state index contributed by atoms with van der Waals surface area (Å²) < 4.78 is 107. The second kappa shape index (κ2) is 14.5. The first-order valence-electron chi connectivity index (χ1n) is 11.8. The van der Waals surface area contributed by atoms with Gasteiger partial charge in [-0.05, 0) is 61.4 Å². The van der Waals surface area contributed by atoms with Gasteiger partial charge in [0.15, 0.2) is 0 Å². The van der Waals surface area contributed by atoms with E-state index in [2.05, 4.69) is 20.1 Å². The standard InChI is InChI=1S/C25H26F8N2O4/c26-22(24(28,29)30)38-18-10-6-16(7-11-18)20(36)34-14-4-2-1-3-5-15-35-21(37)17-8-12-19(13-9-17)39-23(27)25(31,32)33/h6-13,22-23H,1-5,14-15H2,(H,34,36)(H,35,37). The molecule has 0 bridgehead atoms. The summed E-state index contributed by atoms with van der Waals surface area (Å²) in [5, 5.41) is 5.33. The summed E-state index contributed by atoms with van der Waals surface area (Å²) in [4.78, 5) is 24.2. The normalized spacial score (nSPS) is 13.3. The molecule has 0 aliphatic heterocycles. The van der Waals surface area contributed by atoms with E-state index in [0.717, 1.165) is 43.5 Å². The lowest BCUT2D eigenvalue weighted by atomic mass is 10.1. The van der Waals surface area contributed by atoms with Crippen LogP contribution in [0.2, 0.25) is 0 Å². The maximum Gasteiger partial charge on any atom is 0.457 e. The molecule has 14 heteroatoms. The number of alkyl halides is 8. The van der Waals surface area contributed by atoms with Gasteiger partial charge in [0.05, 0.1) is 0 Å². The van der Waals surface area contributed by atoms with E-state index in [4.69, 9.17) is 0 Å². The molecule has 2 aromatic carbocycles. The van der Waals surface area contributed by atoms with Crippen molar-refractivity contribution in [2.75, 3.05) is 13.1 Å². The molecule has 0 fully saturated rings. The number of benzene rings is 2. The highest BCUT2D eigenvalue weighted by Gasteiger charge is 2.43. The molecule has 216 valence electrons. The number of halogens is 8. The average Bonchev–Trinajstić information content (AvgIpc) is 2.87. The minimum absolute atomic E-state index is 0.176. The van der Waals surface area contributed by atoms with Gasteiger partial charge in [-0.3, -0.25) is 9.59 Å². The Morgan fingerprint density at radius 2 is 0.897 bits per heavy atom. The molecule has 0 radical (unpaired) electrons. The van der Waals surface area contributed by atoms with Gasteiger partial charge in [-0.15, -0.1) is 0 Å². The number of amides is 2.